The lowest BCUT2D eigenvalue weighted by atomic mass is 10.1. The molecule has 126 valence electrons. The van der Waals surface area contributed by atoms with Crippen molar-refractivity contribution in [3.63, 3.8) is 0 Å². The van der Waals surface area contributed by atoms with E-state index in [4.69, 9.17) is 4.74 Å². The first-order valence-electron chi connectivity index (χ1n) is 8.31. The summed E-state index contributed by atoms with van der Waals surface area (Å²) in [7, 11) is 4.01. The third-order valence-electron chi connectivity index (χ3n) is 4.23. The molecule has 0 spiro atoms. The normalized spacial score (nSPS) is 24.1. The van der Waals surface area contributed by atoms with Gasteiger partial charge in [0.05, 0.1) is 6.54 Å². The number of amides is 1. The van der Waals surface area contributed by atoms with Gasteiger partial charge in [-0.2, -0.15) is 5.10 Å². The lowest BCUT2D eigenvalue weighted by Crippen LogP contribution is -2.30. The number of nitrogens with zero attached hydrogens (tertiary/aromatic N) is 3. The molecule has 1 aromatic rings. The van der Waals surface area contributed by atoms with Crippen LogP contribution in [0.5, 0.6) is 5.88 Å². The first-order valence-corrected chi connectivity index (χ1v) is 10.7. The predicted molar refractivity (Wildman–Crippen MR) is 94.6 cm³/mol. The average molecular weight is 354 g/mol. The Morgan fingerprint density at radius 2 is 2.35 bits per heavy atom. The summed E-state index contributed by atoms with van der Waals surface area (Å²) in [6, 6.07) is 3.61. The number of unbranched alkanes of at least 4 members (excludes halogenated alkanes) is 1. The van der Waals surface area contributed by atoms with E-state index in [9.17, 15) is 4.79 Å². The maximum atomic E-state index is 12.3. The number of ether oxygens (including phenoxy) is 1. The fourth-order valence-electron chi connectivity index (χ4n) is 2.94. The molecule has 2 fully saturated rings. The molecule has 1 aromatic heterocycles. The molecule has 2 aliphatic heterocycles. The van der Waals surface area contributed by atoms with Gasteiger partial charge in [-0.05, 0) is 25.3 Å². The van der Waals surface area contributed by atoms with Crippen LogP contribution in [0.15, 0.2) is 18.3 Å². The minimum absolute atomic E-state index is 0.0440. The molecule has 1 amide bonds. The number of aromatic nitrogens is 2. The zero-order valence-corrected chi connectivity index (χ0v) is 14.9. The molecule has 5 nitrogen and oxygen atoms in total. The summed E-state index contributed by atoms with van der Waals surface area (Å²) >= 11 is 0. The van der Waals surface area contributed by atoms with Gasteiger partial charge in [-0.1, -0.05) is 28.0 Å². The molecule has 3 rings (SSSR count). The van der Waals surface area contributed by atoms with Crippen molar-refractivity contribution >= 4 is 27.5 Å². The number of hydrogen-bond acceptors (Lipinski definition) is 6. The highest BCUT2D eigenvalue weighted by atomic mass is 33.1. The van der Waals surface area contributed by atoms with E-state index in [-0.39, 0.29) is 12.0 Å². The van der Waals surface area contributed by atoms with Crippen LogP contribution in [0.2, 0.25) is 0 Å². The van der Waals surface area contributed by atoms with Crippen molar-refractivity contribution in [1.82, 2.24) is 15.1 Å². The number of carbonyl (C=O) groups is 1. The van der Waals surface area contributed by atoms with Gasteiger partial charge in [-0.3, -0.25) is 4.79 Å². The third kappa shape index (κ3) is 5.28. The maximum absolute atomic E-state index is 12.3. The third-order valence-corrected chi connectivity index (χ3v) is 7.23. The highest BCUT2D eigenvalue weighted by Crippen LogP contribution is 2.39. The summed E-state index contributed by atoms with van der Waals surface area (Å²) in [5.41, 5.74) is 0. The monoisotopic (exact) mass is 353 g/mol. The van der Waals surface area contributed by atoms with Crippen molar-refractivity contribution in [3.05, 3.63) is 18.3 Å². The summed E-state index contributed by atoms with van der Waals surface area (Å²) in [5, 5.41) is 8.55. The average Bonchev–Trinajstić information content (AvgIpc) is 3.24. The molecule has 3 heterocycles. The van der Waals surface area contributed by atoms with Gasteiger partial charge in [0.2, 0.25) is 11.8 Å². The van der Waals surface area contributed by atoms with E-state index in [0.717, 1.165) is 31.1 Å². The molecule has 0 saturated carbocycles. The Morgan fingerprint density at radius 1 is 1.39 bits per heavy atom. The molecule has 0 N–H and O–H groups in total. The Kier molecular flexibility index (Phi) is 6.45. The van der Waals surface area contributed by atoms with Crippen LogP contribution in [-0.4, -0.2) is 51.2 Å². The second-order valence-electron chi connectivity index (χ2n) is 6.00. The highest BCUT2D eigenvalue weighted by molar-refractivity contribution is 8.77. The van der Waals surface area contributed by atoms with Crippen LogP contribution in [0.4, 0.5) is 0 Å². The summed E-state index contributed by atoms with van der Waals surface area (Å²) in [5.74, 6) is 2.09. The minimum Gasteiger partial charge on any atom is -0.471 e. The Morgan fingerprint density at radius 3 is 3.13 bits per heavy atom. The first-order chi connectivity index (χ1) is 11.3. The lowest BCUT2D eigenvalue weighted by molar-refractivity contribution is -0.130. The van der Waals surface area contributed by atoms with Crippen molar-refractivity contribution in [3.8, 4) is 5.88 Å². The Labute approximate surface area is 145 Å². The summed E-state index contributed by atoms with van der Waals surface area (Å²) in [6.45, 7) is 1.46. The van der Waals surface area contributed by atoms with Crippen molar-refractivity contribution in [1.29, 1.82) is 0 Å². The van der Waals surface area contributed by atoms with Gasteiger partial charge < -0.3 is 9.64 Å². The molecule has 0 aromatic carbocycles. The Bertz CT molecular complexity index is 497. The second-order valence-corrected chi connectivity index (χ2v) is 8.79. The second kappa shape index (κ2) is 8.78. The van der Waals surface area contributed by atoms with E-state index in [1.54, 1.807) is 18.3 Å². The van der Waals surface area contributed by atoms with E-state index < -0.39 is 0 Å². The fourth-order valence-corrected chi connectivity index (χ4v) is 5.97. The van der Waals surface area contributed by atoms with Gasteiger partial charge >= 0.3 is 0 Å². The smallest absolute Gasteiger partial charge is 0.233 e. The van der Waals surface area contributed by atoms with E-state index >= 15 is 0 Å². The molecule has 0 bridgehead atoms. The van der Waals surface area contributed by atoms with E-state index in [0.29, 0.717) is 18.8 Å². The standard InChI is InChI=1S/C16H23N3O2S2/c20-16(6-2-1-4-14-8-11-22-23-14)19-10-7-13(12-19)21-15-5-3-9-17-18-15/h3,5,9,13-14H,1-2,4,6-8,10-12H2. The van der Waals surface area contributed by atoms with E-state index in [1.165, 1.54) is 18.6 Å². The van der Waals surface area contributed by atoms with Gasteiger partial charge in [-0.25, -0.2) is 0 Å². The van der Waals surface area contributed by atoms with Gasteiger partial charge in [0.25, 0.3) is 0 Å². The maximum Gasteiger partial charge on any atom is 0.233 e. The van der Waals surface area contributed by atoms with Crippen molar-refractivity contribution in [2.45, 2.75) is 49.9 Å². The summed E-state index contributed by atoms with van der Waals surface area (Å²) in [6.07, 6.45) is 7.97. The highest BCUT2D eigenvalue weighted by Gasteiger charge is 2.27. The topological polar surface area (TPSA) is 55.3 Å². The van der Waals surface area contributed by atoms with E-state index in [2.05, 4.69) is 10.2 Å². The van der Waals surface area contributed by atoms with Crippen LogP contribution < -0.4 is 4.74 Å². The molecular formula is C16H23N3O2S2. The van der Waals surface area contributed by atoms with Crippen LogP contribution in [0.3, 0.4) is 0 Å². The zero-order chi connectivity index (χ0) is 15.9. The molecule has 2 aliphatic rings. The number of hydrogen-bond donors (Lipinski definition) is 0. The predicted octanol–water partition coefficient (Wildman–Crippen LogP) is 3.17. The van der Waals surface area contributed by atoms with Crippen molar-refractivity contribution in [2.75, 3.05) is 18.8 Å². The molecule has 0 radical (unpaired) electrons. The number of likely N-dealkylation sites (tertiary alicyclic amines) is 1. The van der Waals surface area contributed by atoms with Gasteiger partial charge in [0.1, 0.15) is 6.10 Å². The molecule has 23 heavy (non-hydrogen) atoms. The Hall–Kier alpha value is -0.950. The minimum atomic E-state index is 0.0440. The molecular weight excluding hydrogens is 330 g/mol. The number of rotatable bonds is 7. The molecule has 0 aliphatic carbocycles. The van der Waals surface area contributed by atoms with Crippen molar-refractivity contribution in [2.24, 2.45) is 0 Å². The first kappa shape index (κ1) is 16.9. The SMILES string of the molecule is O=C(CCCCC1CCSS1)N1CCC(Oc2cccnn2)C1. The molecule has 2 atom stereocenters. The molecule has 2 unspecified atom stereocenters. The molecule has 7 heteroatoms. The lowest BCUT2D eigenvalue weighted by Gasteiger charge is -2.17. The summed E-state index contributed by atoms with van der Waals surface area (Å²) < 4.78 is 5.78. The van der Waals surface area contributed by atoms with Crippen molar-refractivity contribution < 1.29 is 9.53 Å². The van der Waals surface area contributed by atoms with Crippen LogP contribution >= 0.6 is 21.6 Å². The number of carbonyl (C=O) groups excluding carboxylic acids is 1. The largest absolute Gasteiger partial charge is 0.471 e. The van der Waals surface area contributed by atoms with Crippen LogP contribution in [0, 0.1) is 0 Å². The van der Waals surface area contributed by atoms with Crippen LogP contribution in [0.25, 0.3) is 0 Å². The Balaban J connectivity index is 1.32. The fraction of sp³-hybridized carbons (Fsp3) is 0.688. The van der Waals surface area contributed by atoms with E-state index in [1.807, 2.05) is 26.5 Å². The van der Waals surface area contributed by atoms with Gasteiger partial charge in [0.15, 0.2) is 0 Å². The van der Waals surface area contributed by atoms with Crippen LogP contribution in [-0.2, 0) is 4.79 Å². The zero-order valence-electron chi connectivity index (χ0n) is 13.2. The van der Waals surface area contributed by atoms with Gasteiger partial charge in [-0.15, -0.1) is 5.10 Å². The van der Waals surface area contributed by atoms with Gasteiger partial charge in [0, 0.05) is 42.7 Å². The quantitative estimate of drug-likeness (QED) is 0.554. The summed E-state index contributed by atoms with van der Waals surface area (Å²) in [4.78, 5) is 14.2. The van der Waals surface area contributed by atoms with Crippen LogP contribution in [0.1, 0.15) is 38.5 Å². The molecule has 2 saturated heterocycles.